The van der Waals surface area contributed by atoms with Crippen molar-refractivity contribution in [2.75, 3.05) is 49.9 Å². The number of hydrogen-bond donors (Lipinski definition) is 3. The van der Waals surface area contributed by atoms with Crippen LogP contribution < -0.4 is 21.7 Å². The van der Waals surface area contributed by atoms with Gasteiger partial charge in [0.2, 0.25) is 0 Å². The monoisotopic (exact) mass is 296 g/mol. The van der Waals surface area contributed by atoms with Crippen molar-refractivity contribution in [2.45, 2.75) is 12.5 Å². The summed E-state index contributed by atoms with van der Waals surface area (Å²) in [4.78, 5) is 21.3. The Morgan fingerprint density at radius 3 is 2.75 bits per heavy atom. The van der Waals surface area contributed by atoms with Crippen LogP contribution >= 0.6 is 11.3 Å². The van der Waals surface area contributed by atoms with Gasteiger partial charge in [-0.2, -0.15) is 0 Å². The third-order valence-electron chi connectivity index (χ3n) is 3.74. The van der Waals surface area contributed by atoms with Crippen LogP contribution in [0.15, 0.2) is 0 Å². The normalized spacial score (nSPS) is 23.4. The van der Waals surface area contributed by atoms with Gasteiger partial charge in [-0.15, -0.1) is 0 Å². The first-order valence-corrected chi connectivity index (χ1v) is 7.73. The fourth-order valence-electron chi connectivity index (χ4n) is 2.58. The molecule has 1 aromatic rings. The van der Waals surface area contributed by atoms with E-state index in [4.69, 9.17) is 11.5 Å². The first-order valence-electron chi connectivity index (χ1n) is 6.92. The topological polar surface area (TPSA) is 101 Å². The number of nitrogens with zero attached hydrogens (tertiary/aromatic N) is 3. The molecule has 0 aliphatic carbocycles. The third kappa shape index (κ3) is 2.58. The summed E-state index contributed by atoms with van der Waals surface area (Å²) in [5.74, 6) is 0.338. The number of carbonyl (C=O) groups excluding carboxylic acids is 1. The van der Waals surface area contributed by atoms with Crippen LogP contribution in [-0.4, -0.2) is 61.1 Å². The lowest BCUT2D eigenvalue weighted by Crippen LogP contribution is -2.46. The van der Waals surface area contributed by atoms with E-state index in [9.17, 15) is 4.79 Å². The van der Waals surface area contributed by atoms with E-state index in [2.05, 4.69) is 15.2 Å². The zero-order valence-electron chi connectivity index (χ0n) is 11.3. The Bertz CT molecular complexity index is 498. The van der Waals surface area contributed by atoms with Crippen molar-refractivity contribution in [1.29, 1.82) is 0 Å². The molecule has 0 bridgehead atoms. The molecular weight excluding hydrogens is 276 g/mol. The quantitative estimate of drug-likeness (QED) is 0.668. The van der Waals surface area contributed by atoms with Crippen molar-refractivity contribution in [2.24, 2.45) is 5.73 Å². The summed E-state index contributed by atoms with van der Waals surface area (Å²) < 4.78 is 0. The number of piperazine rings is 1. The molecule has 7 nitrogen and oxygen atoms in total. The van der Waals surface area contributed by atoms with Crippen LogP contribution in [0.5, 0.6) is 0 Å². The number of carbonyl (C=O) groups is 1. The second-order valence-electron chi connectivity index (χ2n) is 5.25. The van der Waals surface area contributed by atoms with E-state index >= 15 is 0 Å². The van der Waals surface area contributed by atoms with Gasteiger partial charge in [0, 0.05) is 45.3 Å². The molecule has 2 fully saturated rings. The molecule has 20 heavy (non-hydrogen) atoms. The van der Waals surface area contributed by atoms with Gasteiger partial charge in [0.15, 0.2) is 5.13 Å². The number of thiazole rings is 1. The number of amides is 1. The van der Waals surface area contributed by atoms with Gasteiger partial charge in [-0.05, 0) is 6.42 Å². The molecule has 0 spiro atoms. The second kappa shape index (κ2) is 5.55. The minimum Gasteiger partial charge on any atom is -0.382 e. The lowest BCUT2D eigenvalue weighted by Gasteiger charge is -2.26. The standard InChI is InChI=1S/C12H20N6OS/c13-8-1-4-18(7-8)12-16-10(14)9(20-12)11(19)17-5-2-15-3-6-17/h8,15H,1-7,13-14H2. The van der Waals surface area contributed by atoms with Gasteiger partial charge in [0.25, 0.3) is 5.91 Å². The molecule has 5 N–H and O–H groups in total. The SMILES string of the molecule is Nc1nc(N2CCC(N)C2)sc1C(=O)N1CCNCC1. The van der Waals surface area contributed by atoms with Gasteiger partial charge in [0.05, 0.1) is 0 Å². The van der Waals surface area contributed by atoms with E-state index in [0.29, 0.717) is 10.7 Å². The van der Waals surface area contributed by atoms with E-state index in [-0.39, 0.29) is 11.9 Å². The number of anilines is 2. The van der Waals surface area contributed by atoms with Crippen molar-refractivity contribution < 1.29 is 4.79 Å². The average Bonchev–Trinajstić information content (AvgIpc) is 3.05. The minimum atomic E-state index is -0.00348. The number of nitrogen functional groups attached to an aromatic ring is 1. The van der Waals surface area contributed by atoms with Gasteiger partial charge in [-0.25, -0.2) is 4.98 Å². The van der Waals surface area contributed by atoms with E-state index in [1.54, 1.807) is 0 Å². The summed E-state index contributed by atoms with van der Waals surface area (Å²) in [6.45, 7) is 4.78. The van der Waals surface area contributed by atoms with Crippen molar-refractivity contribution in [1.82, 2.24) is 15.2 Å². The van der Waals surface area contributed by atoms with Crippen LogP contribution in [0.25, 0.3) is 0 Å². The Kier molecular flexibility index (Phi) is 3.77. The van der Waals surface area contributed by atoms with Crippen LogP contribution in [0, 0.1) is 0 Å². The average molecular weight is 296 g/mol. The zero-order chi connectivity index (χ0) is 14.1. The predicted octanol–water partition coefficient (Wildman–Crippen LogP) is -0.692. The van der Waals surface area contributed by atoms with E-state index in [1.165, 1.54) is 11.3 Å². The highest BCUT2D eigenvalue weighted by Gasteiger charge is 2.27. The number of nitrogens with two attached hydrogens (primary N) is 2. The van der Waals surface area contributed by atoms with Crippen LogP contribution in [-0.2, 0) is 0 Å². The van der Waals surface area contributed by atoms with Gasteiger partial charge in [-0.1, -0.05) is 11.3 Å². The van der Waals surface area contributed by atoms with Crippen LogP contribution in [0.1, 0.15) is 16.1 Å². The first kappa shape index (κ1) is 13.6. The summed E-state index contributed by atoms with van der Waals surface area (Å²) in [5, 5.41) is 4.04. The molecule has 1 unspecified atom stereocenters. The highest BCUT2D eigenvalue weighted by atomic mass is 32.1. The van der Waals surface area contributed by atoms with Gasteiger partial charge in [-0.3, -0.25) is 4.79 Å². The smallest absolute Gasteiger partial charge is 0.267 e. The maximum Gasteiger partial charge on any atom is 0.267 e. The second-order valence-corrected chi connectivity index (χ2v) is 6.23. The maximum absolute atomic E-state index is 12.5. The Labute approximate surface area is 121 Å². The summed E-state index contributed by atoms with van der Waals surface area (Å²) in [7, 11) is 0. The van der Waals surface area contributed by atoms with Crippen molar-refractivity contribution in [3.8, 4) is 0 Å². The van der Waals surface area contributed by atoms with Gasteiger partial charge in [0.1, 0.15) is 10.7 Å². The highest BCUT2D eigenvalue weighted by molar-refractivity contribution is 7.18. The summed E-state index contributed by atoms with van der Waals surface area (Å²) in [6, 6.07) is 0.187. The van der Waals surface area contributed by atoms with E-state index < -0.39 is 0 Å². The third-order valence-corrected chi connectivity index (χ3v) is 4.86. The van der Waals surface area contributed by atoms with E-state index in [1.807, 2.05) is 4.90 Å². The zero-order valence-corrected chi connectivity index (χ0v) is 12.2. The molecule has 0 saturated carbocycles. The fraction of sp³-hybridized carbons (Fsp3) is 0.667. The summed E-state index contributed by atoms with van der Waals surface area (Å²) >= 11 is 1.38. The van der Waals surface area contributed by atoms with Gasteiger partial charge >= 0.3 is 0 Å². The molecule has 1 atom stereocenters. The van der Waals surface area contributed by atoms with Gasteiger partial charge < -0.3 is 26.6 Å². The Balaban J connectivity index is 1.76. The predicted molar refractivity (Wildman–Crippen MR) is 80.1 cm³/mol. The van der Waals surface area contributed by atoms with Crippen molar-refractivity contribution in [3.63, 3.8) is 0 Å². The molecule has 1 aromatic heterocycles. The van der Waals surface area contributed by atoms with Crippen LogP contribution in [0.3, 0.4) is 0 Å². The molecule has 1 amide bonds. The molecular formula is C12H20N6OS. The molecule has 3 heterocycles. The van der Waals surface area contributed by atoms with Crippen molar-refractivity contribution in [3.05, 3.63) is 4.88 Å². The molecule has 0 radical (unpaired) electrons. The molecule has 2 aliphatic heterocycles. The number of aromatic nitrogens is 1. The first-order chi connectivity index (χ1) is 9.65. The molecule has 2 aliphatic rings. The van der Waals surface area contributed by atoms with Crippen LogP contribution in [0.4, 0.5) is 10.9 Å². The number of hydrogen-bond acceptors (Lipinski definition) is 7. The Morgan fingerprint density at radius 2 is 2.10 bits per heavy atom. The lowest BCUT2D eigenvalue weighted by molar-refractivity contribution is 0.0741. The van der Waals surface area contributed by atoms with E-state index in [0.717, 1.165) is 50.8 Å². The number of nitrogens with one attached hydrogen (secondary N) is 1. The lowest BCUT2D eigenvalue weighted by atomic mass is 10.3. The summed E-state index contributed by atoms with van der Waals surface area (Å²) in [6.07, 6.45) is 0.959. The molecule has 8 heteroatoms. The highest BCUT2D eigenvalue weighted by Crippen LogP contribution is 2.31. The Hall–Kier alpha value is -1.38. The molecule has 2 saturated heterocycles. The maximum atomic E-state index is 12.5. The Morgan fingerprint density at radius 1 is 1.35 bits per heavy atom. The van der Waals surface area contributed by atoms with Crippen LogP contribution in [0.2, 0.25) is 0 Å². The number of rotatable bonds is 2. The molecule has 0 aromatic carbocycles. The molecule has 3 rings (SSSR count). The minimum absolute atomic E-state index is 0.00348. The summed E-state index contributed by atoms with van der Waals surface area (Å²) in [5.41, 5.74) is 11.8. The fourth-order valence-corrected chi connectivity index (χ4v) is 3.57. The molecule has 110 valence electrons. The van der Waals surface area contributed by atoms with Crippen molar-refractivity contribution >= 4 is 28.2 Å². The largest absolute Gasteiger partial charge is 0.382 e.